The van der Waals surface area contributed by atoms with Crippen LogP contribution in [0.25, 0.3) is 0 Å². The second-order valence-electron chi connectivity index (χ2n) is 9.66. The molecule has 0 aromatic carbocycles. The lowest BCUT2D eigenvalue weighted by molar-refractivity contribution is -0.139. The van der Waals surface area contributed by atoms with Crippen LogP contribution in [0.5, 0.6) is 0 Å². The van der Waals surface area contributed by atoms with Crippen molar-refractivity contribution in [1.29, 1.82) is 0 Å². The van der Waals surface area contributed by atoms with Crippen molar-refractivity contribution >= 4 is 23.6 Å². The number of rotatable bonds is 6. The first-order chi connectivity index (χ1) is 15.2. The number of nitrogens with zero attached hydrogens (tertiary/aromatic N) is 4. The second-order valence-corrected chi connectivity index (χ2v) is 11.2. The van der Waals surface area contributed by atoms with E-state index in [2.05, 4.69) is 15.0 Å². The van der Waals surface area contributed by atoms with Gasteiger partial charge in [0.15, 0.2) is 5.82 Å². The van der Waals surface area contributed by atoms with Crippen molar-refractivity contribution < 1.29 is 14.1 Å². The summed E-state index contributed by atoms with van der Waals surface area (Å²) < 4.78 is 5.59. The van der Waals surface area contributed by atoms with E-state index in [1.54, 1.807) is 0 Å². The lowest BCUT2D eigenvalue weighted by atomic mass is 9.81. The lowest BCUT2D eigenvalue weighted by Gasteiger charge is -2.23. The summed E-state index contributed by atoms with van der Waals surface area (Å²) in [5.41, 5.74) is 0. The average Bonchev–Trinajstić information content (AvgIpc) is 3.43. The van der Waals surface area contributed by atoms with Gasteiger partial charge < -0.3 is 9.42 Å². The molecule has 1 aromatic heterocycles. The van der Waals surface area contributed by atoms with Crippen molar-refractivity contribution in [3.05, 3.63) is 11.7 Å². The van der Waals surface area contributed by atoms with Gasteiger partial charge in [0.2, 0.25) is 17.7 Å². The molecule has 3 saturated heterocycles. The third-order valence-electron chi connectivity index (χ3n) is 7.52. The van der Waals surface area contributed by atoms with Gasteiger partial charge in [0.25, 0.3) is 0 Å². The van der Waals surface area contributed by atoms with Crippen molar-refractivity contribution in [3.8, 4) is 0 Å². The van der Waals surface area contributed by atoms with E-state index in [1.807, 2.05) is 11.8 Å². The highest BCUT2D eigenvalue weighted by Gasteiger charge is 2.47. The predicted octanol–water partition coefficient (Wildman–Crippen LogP) is 3.60. The standard InChI is InChI=1S/C23H34N4O3S/c28-22-17-7-3-4-8-18(17)23(29)27(22)14-11-20-24-21(30-25-20)19-10-9-16(31-19)15-26-12-5-1-2-6-13-26/h16-19H,1-15H2. The molecule has 4 atom stereocenters. The van der Waals surface area contributed by atoms with Crippen LogP contribution in [0.2, 0.25) is 0 Å². The smallest absolute Gasteiger partial charge is 0.239 e. The Hall–Kier alpha value is -1.41. The Balaban J connectivity index is 1.12. The fraction of sp³-hybridized carbons (Fsp3) is 0.826. The Labute approximate surface area is 188 Å². The van der Waals surface area contributed by atoms with Gasteiger partial charge in [-0.2, -0.15) is 4.98 Å². The van der Waals surface area contributed by atoms with Gasteiger partial charge in [-0.25, -0.2) is 0 Å². The zero-order chi connectivity index (χ0) is 21.2. The van der Waals surface area contributed by atoms with Crippen LogP contribution in [0.15, 0.2) is 4.52 Å². The number of hydrogen-bond acceptors (Lipinski definition) is 7. The molecule has 3 aliphatic heterocycles. The van der Waals surface area contributed by atoms with Crippen molar-refractivity contribution in [3.63, 3.8) is 0 Å². The number of aromatic nitrogens is 2. The fourth-order valence-electron chi connectivity index (χ4n) is 5.79. The van der Waals surface area contributed by atoms with E-state index in [1.165, 1.54) is 56.6 Å². The van der Waals surface area contributed by atoms with Crippen LogP contribution in [0.1, 0.15) is 81.2 Å². The van der Waals surface area contributed by atoms with Gasteiger partial charge >= 0.3 is 0 Å². The van der Waals surface area contributed by atoms with Gasteiger partial charge in [-0.05, 0) is 51.6 Å². The highest BCUT2D eigenvalue weighted by Crippen LogP contribution is 2.44. The summed E-state index contributed by atoms with van der Waals surface area (Å²) in [6.45, 7) is 4.02. The van der Waals surface area contributed by atoms with Gasteiger partial charge in [-0.15, -0.1) is 11.8 Å². The maximum absolute atomic E-state index is 12.6. The van der Waals surface area contributed by atoms with Gasteiger partial charge in [-0.3, -0.25) is 14.5 Å². The first-order valence-electron chi connectivity index (χ1n) is 12.2. The number of fused-ring (bicyclic) bond motifs is 1. The molecule has 1 saturated carbocycles. The molecule has 1 aliphatic carbocycles. The number of carbonyl (C=O) groups excluding carboxylic acids is 2. The summed E-state index contributed by atoms with van der Waals surface area (Å²) in [5, 5.41) is 5.07. The van der Waals surface area contributed by atoms with E-state index in [-0.39, 0.29) is 28.9 Å². The normalized spacial score (nSPS) is 32.5. The van der Waals surface area contributed by atoms with Crippen LogP contribution in [0, 0.1) is 11.8 Å². The molecule has 4 aliphatic rings. The topological polar surface area (TPSA) is 79.5 Å². The minimum Gasteiger partial charge on any atom is -0.338 e. The van der Waals surface area contributed by atoms with E-state index in [0.29, 0.717) is 29.9 Å². The molecule has 0 bridgehead atoms. The van der Waals surface area contributed by atoms with Crippen molar-refractivity contribution in [2.45, 2.75) is 81.1 Å². The molecular formula is C23H34N4O3S. The summed E-state index contributed by atoms with van der Waals surface area (Å²) >= 11 is 1.98. The summed E-state index contributed by atoms with van der Waals surface area (Å²) in [6.07, 6.45) is 12.0. The Morgan fingerprint density at radius 2 is 1.61 bits per heavy atom. The molecule has 2 amide bonds. The third kappa shape index (κ3) is 4.70. The number of hydrogen-bond donors (Lipinski definition) is 0. The number of imide groups is 1. The van der Waals surface area contributed by atoms with Gasteiger partial charge in [0, 0.05) is 24.8 Å². The zero-order valence-electron chi connectivity index (χ0n) is 18.3. The van der Waals surface area contributed by atoms with E-state index in [9.17, 15) is 9.59 Å². The summed E-state index contributed by atoms with van der Waals surface area (Å²) in [6, 6.07) is 0. The van der Waals surface area contributed by atoms with Gasteiger partial charge in [-0.1, -0.05) is 30.8 Å². The summed E-state index contributed by atoms with van der Waals surface area (Å²) in [4.78, 5) is 34.0. The molecule has 0 spiro atoms. The van der Waals surface area contributed by atoms with Crippen LogP contribution in [0.3, 0.4) is 0 Å². The van der Waals surface area contributed by atoms with Crippen LogP contribution in [-0.4, -0.2) is 63.2 Å². The number of thioether (sulfide) groups is 1. The Morgan fingerprint density at radius 3 is 2.32 bits per heavy atom. The Kier molecular flexibility index (Phi) is 6.64. The van der Waals surface area contributed by atoms with Crippen molar-refractivity contribution in [1.82, 2.24) is 19.9 Å². The van der Waals surface area contributed by atoms with Crippen molar-refractivity contribution in [2.24, 2.45) is 11.8 Å². The van der Waals surface area contributed by atoms with Crippen LogP contribution in [-0.2, 0) is 16.0 Å². The molecule has 1 aromatic rings. The Morgan fingerprint density at radius 1 is 0.903 bits per heavy atom. The monoisotopic (exact) mass is 446 g/mol. The Bertz CT molecular complexity index is 768. The quantitative estimate of drug-likeness (QED) is 0.618. The van der Waals surface area contributed by atoms with E-state index < -0.39 is 0 Å². The highest BCUT2D eigenvalue weighted by atomic mass is 32.2. The van der Waals surface area contributed by atoms with E-state index in [4.69, 9.17) is 4.52 Å². The molecule has 7 nitrogen and oxygen atoms in total. The molecule has 0 radical (unpaired) electrons. The minimum absolute atomic E-state index is 0.0149. The fourth-order valence-corrected chi connectivity index (χ4v) is 7.31. The molecule has 31 heavy (non-hydrogen) atoms. The largest absolute Gasteiger partial charge is 0.338 e. The number of amides is 2. The molecule has 4 heterocycles. The maximum atomic E-state index is 12.6. The highest BCUT2D eigenvalue weighted by molar-refractivity contribution is 8.00. The molecule has 170 valence electrons. The molecule has 0 N–H and O–H groups in total. The maximum Gasteiger partial charge on any atom is 0.239 e. The van der Waals surface area contributed by atoms with Gasteiger partial charge in [0.1, 0.15) is 0 Å². The molecule has 5 rings (SSSR count). The van der Waals surface area contributed by atoms with Crippen LogP contribution >= 0.6 is 11.8 Å². The molecule has 4 unspecified atom stereocenters. The first kappa shape index (κ1) is 21.4. The molecule has 8 heteroatoms. The van der Waals surface area contributed by atoms with E-state index >= 15 is 0 Å². The van der Waals surface area contributed by atoms with Crippen LogP contribution < -0.4 is 0 Å². The van der Waals surface area contributed by atoms with Gasteiger partial charge in [0.05, 0.1) is 17.1 Å². The summed E-state index contributed by atoms with van der Waals surface area (Å²) in [5.74, 6) is 1.19. The van der Waals surface area contributed by atoms with Crippen molar-refractivity contribution in [2.75, 3.05) is 26.2 Å². The SMILES string of the molecule is O=C1C2CCCCC2C(=O)N1CCc1noc(C2CCC(CN3CCCCCC3)S2)n1. The molecule has 4 fully saturated rings. The summed E-state index contributed by atoms with van der Waals surface area (Å²) in [7, 11) is 0. The number of likely N-dealkylation sites (tertiary alicyclic amines) is 2. The third-order valence-corrected chi connectivity index (χ3v) is 9.05. The second kappa shape index (κ2) is 9.61. The van der Waals surface area contributed by atoms with Crippen LogP contribution in [0.4, 0.5) is 0 Å². The first-order valence-corrected chi connectivity index (χ1v) is 13.2. The zero-order valence-corrected chi connectivity index (χ0v) is 19.2. The lowest BCUT2D eigenvalue weighted by Crippen LogP contribution is -2.33. The predicted molar refractivity (Wildman–Crippen MR) is 118 cm³/mol. The molecular weight excluding hydrogens is 412 g/mol. The minimum atomic E-state index is -0.0851. The average molecular weight is 447 g/mol. The van der Waals surface area contributed by atoms with E-state index in [0.717, 1.165) is 32.1 Å². The number of carbonyl (C=O) groups is 2.